The number of hydrogen-bond acceptors (Lipinski definition) is 3. The molecule has 140 valence electrons. The maximum Gasteiger partial charge on any atom is 0.350 e. The summed E-state index contributed by atoms with van der Waals surface area (Å²) in [4.78, 5) is 31.3. The van der Waals surface area contributed by atoms with E-state index in [1.807, 2.05) is 25.1 Å². The number of aryl methyl sites for hydroxylation is 1. The van der Waals surface area contributed by atoms with Crippen molar-refractivity contribution in [2.45, 2.75) is 34.1 Å². The lowest BCUT2D eigenvalue weighted by molar-refractivity contribution is 0.361. The molecule has 2 N–H and O–H groups in total. The summed E-state index contributed by atoms with van der Waals surface area (Å²) < 4.78 is 0.926. The van der Waals surface area contributed by atoms with Crippen LogP contribution >= 0.6 is 0 Å². The fraction of sp³-hybridized carbons (Fsp3) is 0.381. The van der Waals surface area contributed by atoms with Gasteiger partial charge in [0.05, 0.1) is 5.52 Å². The molecule has 0 amide bonds. The van der Waals surface area contributed by atoms with Gasteiger partial charge >= 0.3 is 11.2 Å². The van der Waals surface area contributed by atoms with Crippen molar-refractivity contribution in [1.29, 1.82) is 0 Å². The SMILES string of the molecule is CC1=C[C@H](C)[C@H](C=Nn2c(=O)[nH]c3c([nH]c4ccc(C)cc43)c2=O)[C@H](C)C1. The van der Waals surface area contributed by atoms with Gasteiger partial charge < -0.3 is 9.97 Å². The zero-order valence-electron chi connectivity index (χ0n) is 16.0. The predicted molar refractivity (Wildman–Crippen MR) is 110 cm³/mol. The fourth-order valence-corrected chi connectivity index (χ4v) is 4.28. The molecule has 3 aromatic rings. The van der Waals surface area contributed by atoms with E-state index in [0.717, 1.165) is 27.6 Å². The molecule has 1 aliphatic rings. The number of aromatic amines is 2. The number of hydrogen-bond donors (Lipinski definition) is 2. The van der Waals surface area contributed by atoms with Crippen LogP contribution in [0.4, 0.5) is 0 Å². The van der Waals surface area contributed by atoms with E-state index >= 15 is 0 Å². The first-order chi connectivity index (χ1) is 12.8. The number of H-pyrrole nitrogens is 2. The van der Waals surface area contributed by atoms with Gasteiger partial charge in [-0.05, 0) is 44.2 Å². The van der Waals surface area contributed by atoms with Crippen LogP contribution in [0.2, 0.25) is 0 Å². The highest BCUT2D eigenvalue weighted by Crippen LogP contribution is 2.32. The molecular formula is C21H24N4O2. The zero-order valence-corrected chi connectivity index (χ0v) is 16.0. The van der Waals surface area contributed by atoms with Gasteiger partial charge in [0.2, 0.25) is 0 Å². The van der Waals surface area contributed by atoms with Gasteiger partial charge in [-0.3, -0.25) is 4.79 Å². The lowest BCUT2D eigenvalue weighted by Gasteiger charge is -2.29. The van der Waals surface area contributed by atoms with E-state index in [2.05, 4.69) is 41.9 Å². The molecule has 0 fully saturated rings. The lowest BCUT2D eigenvalue weighted by atomic mass is 9.76. The largest absolute Gasteiger partial charge is 0.350 e. The fourth-order valence-electron chi connectivity index (χ4n) is 4.28. The maximum atomic E-state index is 12.9. The molecule has 0 spiro atoms. The van der Waals surface area contributed by atoms with Crippen LogP contribution in [0.1, 0.15) is 32.8 Å². The topological polar surface area (TPSA) is 83.0 Å². The van der Waals surface area contributed by atoms with Crippen molar-refractivity contribution < 1.29 is 0 Å². The third-order valence-corrected chi connectivity index (χ3v) is 5.59. The highest BCUT2D eigenvalue weighted by Gasteiger charge is 2.25. The molecule has 0 unspecified atom stereocenters. The molecule has 1 aromatic carbocycles. The van der Waals surface area contributed by atoms with Crippen molar-refractivity contribution in [2.24, 2.45) is 22.9 Å². The monoisotopic (exact) mass is 364 g/mol. The van der Waals surface area contributed by atoms with Crippen molar-refractivity contribution in [2.75, 3.05) is 0 Å². The van der Waals surface area contributed by atoms with Crippen LogP contribution < -0.4 is 11.2 Å². The first-order valence-electron chi connectivity index (χ1n) is 9.34. The maximum absolute atomic E-state index is 12.9. The van der Waals surface area contributed by atoms with E-state index in [4.69, 9.17) is 0 Å². The molecule has 4 rings (SSSR count). The Morgan fingerprint density at radius 3 is 2.67 bits per heavy atom. The third-order valence-electron chi connectivity index (χ3n) is 5.59. The molecule has 3 atom stereocenters. The summed E-state index contributed by atoms with van der Waals surface area (Å²) in [6.07, 6.45) is 5.01. The molecule has 2 aromatic heterocycles. The number of allylic oxidation sites excluding steroid dienone is 2. The summed E-state index contributed by atoms with van der Waals surface area (Å²) >= 11 is 0. The second-order valence-electron chi connectivity index (χ2n) is 7.87. The molecule has 0 bridgehead atoms. The van der Waals surface area contributed by atoms with Crippen LogP contribution in [0.5, 0.6) is 0 Å². The van der Waals surface area contributed by atoms with Crippen molar-refractivity contribution >= 4 is 28.2 Å². The molecule has 6 heteroatoms. The highest BCUT2D eigenvalue weighted by atomic mass is 16.2. The molecule has 0 saturated heterocycles. The average Bonchev–Trinajstić information content (AvgIpc) is 2.94. The lowest BCUT2D eigenvalue weighted by Crippen LogP contribution is -2.33. The molecule has 1 aliphatic carbocycles. The van der Waals surface area contributed by atoms with Crippen LogP contribution in [-0.2, 0) is 0 Å². The molecule has 27 heavy (non-hydrogen) atoms. The molecule has 0 saturated carbocycles. The van der Waals surface area contributed by atoms with Crippen molar-refractivity contribution in [1.82, 2.24) is 14.6 Å². The van der Waals surface area contributed by atoms with E-state index in [0.29, 0.717) is 22.9 Å². The first-order valence-corrected chi connectivity index (χ1v) is 9.34. The summed E-state index contributed by atoms with van der Waals surface area (Å²) in [5, 5.41) is 5.12. The molecular weight excluding hydrogens is 340 g/mol. The Morgan fingerprint density at radius 1 is 1.15 bits per heavy atom. The minimum absolute atomic E-state index is 0.195. The van der Waals surface area contributed by atoms with E-state index < -0.39 is 11.2 Å². The van der Waals surface area contributed by atoms with Crippen molar-refractivity contribution in [3.63, 3.8) is 0 Å². The van der Waals surface area contributed by atoms with E-state index in [9.17, 15) is 9.59 Å². The minimum Gasteiger partial charge on any atom is -0.349 e. The second-order valence-corrected chi connectivity index (χ2v) is 7.87. The van der Waals surface area contributed by atoms with Crippen LogP contribution in [0, 0.1) is 24.7 Å². The van der Waals surface area contributed by atoms with Crippen LogP contribution in [0.3, 0.4) is 0 Å². The summed E-state index contributed by atoms with van der Waals surface area (Å²) in [5.41, 5.74) is 3.22. The van der Waals surface area contributed by atoms with Crippen molar-refractivity contribution in [3.8, 4) is 0 Å². The van der Waals surface area contributed by atoms with Gasteiger partial charge in [-0.15, -0.1) is 4.68 Å². The Labute approximate surface area is 156 Å². The molecule has 6 nitrogen and oxygen atoms in total. The van der Waals surface area contributed by atoms with Gasteiger partial charge in [-0.2, -0.15) is 5.10 Å². The Hall–Kier alpha value is -2.89. The quantitative estimate of drug-likeness (QED) is 0.538. The predicted octanol–water partition coefficient (Wildman–Crippen LogP) is 3.55. The normalized spacial score (nSPS) is 23.4. The highest BCUT2D eigenvalue weighted by molar-refractivity contribution is 6.04. The van der Waals surface area contributed by atoms with Gasteiger partial charge in [0.15, 0.2) is 0 Å². The Balaban J connectivity index is 1.82. The number of nitrogens with zero attached hydrogens (tertiary/aromatic N) is 2. The number of rotatable bonds is 2. The van der Waals surface area contributed by atoms with E-state index in [-0.39, 0.29) is 5.92 Å². The molecule has 0 aliphatic heterocycles. The standard InChI is InChI=1S/C21H24N4O2/c1-11-5-6-17-15(9-11)18-19(23-17)20(26)25(21(27)24-18)22-10-16-13(3)7-12(2)8-14(16)4/h5-7,9-10,13-14,16,23H,8H2,1-4H3,(H,24,27)/t13-,14+,16-/m0/s1. The van der Waals surface area contributed by atoms with Gasteiger partial charge in [-0.25, -0.2) is 4.79 Å². The number of aromatic nitrogens is 3. The molecule has 0 radical (unpaired) electrons. The van der Waals surface area contributed by atoms with Crippen LogP contribution in [-0.4, -0.2) is 20.9 Å². The second kappa shape index (κ2) is 6.37. The summed E-state index contributed by atoms with van der Waals surface area (Å²) in [5.74, 6) is 0.941. The number of fused-ring (bicyclic) bond motifs is 3. The van der Waals surface area contributed by atoms with Gasteiger partial charge in [0.25, 0.3) is 0 Å². The van der Waals surface area contributed by atoms with Crippen molar-refractivity contribution in [3.05, 3.63) is 56.2 Å². The first kappa shape index (κ1) is 17.5. The number of nitrogens with one attached hydrogen (secondary N) is 2. The van der Waals surface area contributed by atoms with Gasteiger partial charge in [0, 0.05) is 23.0 Å². The smallest absolute Gasteiger partial charge is 0.349 e. The molecule has 2 heterocycles. The summed E-state index contributed by atoms with van der Waals surface area (Å²) in [6, 6.07) is 5.83. The third kappa shape index (κ3) is 2.95. The van der Waals surface area contributed by atoms with Gasteiger partial charge in [0.1, 0.15) is 5.52 Å². The number of benzene rings is 1. The summed E-state index contributed by atoms with van der Waals surface area (Å²) in [7, 11) is 0. The van der Waals surface area contributed by atoms with Gasteiger partial charge in [-0.1, -0.05) is 37.1 Å². The Kier molecular flexibility index (Phi) is 4.13. The Morgan fingerprint density at radius 2 is 1.93 bits per heavy atom. The zero-order chi connectivity index (χ0) is 19.3. The Bertz CT molecular complexity index is 1210. The minimum atomic E-state index is -0.519. The average molecular weight is 364 g/mol. The van der Waals surface area contributed by atoms with E-state index in [1.165, 1.54) is 5.57 Å². The van der Waals surface area contributed by atoms with Crippen LogP contribution in [0.15, 0.2) is 44.5 Å². The van der Waals surface area contributed by atoms with Crippen LogP contribution in [0.25, 0.3) is 21.9 Å². The summed E-state index contributed by atoms with van der Waals surface area (Å²) in [6.45, 7) is 8.44. The van der Waals surface area contributed by atoms with E-state index in [1.54, 1.807) is 6.21 Å².